The van der Waals surface area contributed by atoms with Gasteiger partial charge in [-0.25, -0.2) is 4.79 Å². The summed E-state index contributed by atoms with van der Waals surface area (Å²) in [5.41, 5.74) is 0.345. The van der Waals surface area contributed by atoms with Crippen LogP contribution in [0.25, 0.3) is 0 Å². The number of halogens is 1. The Morgan fingerprint density at radius 2 is 1.95 bits per heavy atom. The van der Waals surface area contributed by atoms with E-state index in [0.29, 0.717) is 0 Å². The molecule has 4 nitrogen and oxygen atoms in total. The standard InChI is InChI=1S/C15H21BrN2O2/c1-3-18-10-8-15(9-11-18,14(19)20-2)17-13-6-4-12(16)5-7-13/h4-7,17H,3,8-11H2,1-2H3. The molecule has 1 saturated heterocycles. The third kappa shape index (κ3) is 3.33. The molecule has 0 saturated carbocycles. The van der Waals surface area contributed by atoms with E-state index in [1.165, 1.54) is 7.11 Å². The minimum atomic E-state index is -0.603. The summed E-state index contributed by atoms with van der Waals surface area (Å²) in [5, 5.41) is 3.39. The van der Waals surface area contributed by atoms with Gasteiger partial charge in [-0.2, -0.15) is 0 Å². The minimum absolute atomic E-state index is 0.170. The van der Waals surface area contributed by atoms with Crippen LogP contribution in [0.5, 0.6) is 0 Å². The molecule has 110 valence electrons. The SMILES string of the molecule is CCN1CCC(Nc2ccc(Br)cc2)(C(=O)OC)CC1. The summed E-state index contributed by atoms with van der Waals surface area (Å²) in [6.45, 7) is 4.99. The molecule has 1 aliphatic heterocycles. The van der Waals surface area contributed by atoms with Crippen molar-refractivity contribution in [2.75, 3.05) is 32.1 Å². The van der Waals surface area contributed by atoms with Crippen LogP contribution in [-0.2, 0) is 9.53 Å². The normalized spacial score (nSPS) is 18.6. The molecule has 0 aromatic heterocycles. The molecule has 1 N–H and O–H groups in total. The Bertz CT molecular complexity index is 453. The second kappa shape index (κ2) is 6.59. The Morgan fingerprint density at radius 1 is 1.35 bits per heavy atom. The molecule has 1 fully saturated rings. The topological polar surface area (TPSA) is 41.6 Å². The molecule has 2 rings (SSSR count). The highest BCUT2D eigenvalue weighted by Crippen LogP contribution is 2.29. The number of benzene rings is 1. The first-order chi connectivity index (χ1) is 9.59. The fourth-order valence-electron chi connectivity index (χ4n) is 2.64. The lowest BCUT2D eigenvalue weighted by molar-refractivity contribution is -0.147. The number of anilines is 1. The van der Waals surface area contributed by atoms with Gasteiger partial charge in [0.2, 0.25) is 0 Å². The molecule has 0 bridgehead atoms. The Hall–Kier alpha value is -1.07. The third-order valence-corrected chi connectivity index (χ3v) is 4.49. The summed E-state index contributed by atoms with van der Waals surface area (Å²) in [4.78, 5) is 14.6. The van der Waals surface area contributed by atoms with Gasteiger partial charge in [0.05, 0.1) is 7.11 Å². The Kier molecular flexibility index (Phi) is 5.05. The van der Waals surface area contributed by atoms with Gasteiger partial charge >= 0.3 is 5.97 Å². The van der Waals surface area contributed by atoms with Crippen molar-refractivity contribution in [2.45, 2.75) is 25.3 Å². The van der Waals surface area contributed by atoms with E-state index in [0.717, 1.165) is 42.6 Å². The Labute approximate surface area is 128 Å². The van der Waals surface area contributed by atoms with Gasteiger partial charge in [-0.05, 0) is 43.7 Å². The maximum absolute atomic E-state index is 12.2. The van der Waals surface area contributed by atoms with Gasteiger partial charge in [0.15, 0.2) is 0 Å². The van der Waals surface area contributed by atoms with Crippen LogP contribution in [0, 0.1) is 0 Å². The van der Waals surface area contributed by atoms with Crippen molar-refractivity contribution >= 4 is 27.6 Å². The van der Waals surface area contributed by atoms with Crippen molar-refractivity contribution in [2.24, 2.45) is 0 Å². The summed E-state index contributed by atoms with van der Waals surface area (Å²) in [6.07, 6.45) is 1.53. The number of ether oxygens (including phenoxy) is 1. The van der Waals surface area contributed by atoms with Crippen molar-refractivity contribution in [3.8, 4) is 0 Å². The molecule has 5 heteroatoms. The van der Waals surface area contributed by atoms with Crippen LogP contribution in [0.1, 0.15) is 19.8 Å². The third-order valence-electron chi connectivity index (χ3n) is 3.96. The first kappa shape index (κ1) is 15.3. The van der Waals surface area contributed by atoms with Gasteiger partial charge in [0.25, 0.3) is 0 Å². The van der Waals surface area contributed by atoms with E-state index in [4.69, 9.17) is 4.74 Å². The van der Waals surface area contributed by atoms with Crippen molar-refractivity contribution in [1.29, 1.82) is 0 Å². The lowest BCUT2D eigenvalue weighted by atomic mass is 9.87. The summed E-state index contributed by atoms with van der Waals surface area (Å²) >= 11 is 3.42. The molecule has 0 amide bonds. The number of rotatable bonds is 4. The van der Waals surface area contributed by atoms with Gasteiger partial charge in [-0.3, -0.25) is 0 Å². The molecule has 20 heavy (non-hydrogen) atoms. The molecule has 0 aliphatic carbocycles. The zero-order valence-electron chi connectivity index (χ0n) is 12.0. The van der Waals surface area contributed by atoms with Crippen LogP contribution >= 0.6 is 15.9 Å². The number of esters is 1. The van der Waals surface area contributed by atoms with E-state index in [2.05, 4.69) is 33.1 Å². The molecular formula is C15H21BrN2O2. The van der Waals surface area contributed by atoms with E-state index in [1.54, 1.807) is 0 Å². The second-order valence-electron chi connectivity index (χ2n) is 5.14. The molecule has 1 aromatic carbocycles. The number of likely N-dealkylation sites (tertiary alicyclic amines) is 1. The van der Waals surface area contributed by atoms with E-state index < -0.39 is 5.54 Å². The van der Waals surface area contributed by atoms with Gasteiger partial charge in [-0.15, -0.1) is 0 Å². The highest BCUT2D eigenvalue weighted by Gasteiger charge is 2.42. The Morgan fingerprint density at radius 3 is 2.45 bits per heavy atom. The molecular weight excluding hydrogens is 320 g/mol. The van der Waals surface area contributed by atoms with E-state index in [-0.39, 0.29) is 5.97 Å². The van der Waals surface area contributed by atoms with Gasteiger partial charge in [0, 0.05) is 23.2 Å². The fourth-order valence-corrected chi connectivity index (χ4v) is 2.90. The molecule has 0 unspecified atom stereocenters. The number of hydrogen-bond acceptors (Lipinski definition) is 4. The fraction of sp³-hybridized carbons (Fsp3) is 0.533. The number of carbonyl (C=O) groups is 1. The molecule has 0 radical (unpaired) electrons. The van der Waals surface area contributed by atoms with E-state index >= 15 is 0 Å². The highest BCUT2D eigenvalue weighted by atomic mass is 79.9. The lowest BCUT2D eigenvalue weighted by Gasteiger charge is -2.40. The van der Waals surface area contributed by atoms with E-state index in [9.17, 15) is 4.79 Å². The predicted octanol–water partition coefficient (Wildman–Crippen LogP) is 2.89. The van der Waals surface area contributed by atoms with Crippen molar-refractivity contribution in [1.82, 2.24) is 4.90 Å². The quantitative estimate of drug-likeness (QED) is 0.855. The summed E-state index contributed by atoms with van der Waals surface area (Å²) < 4.78 is 6.05. The van der Waals surface area contributed by atoms with Crippen LogP contribution in [0.3, 0.4) is 0 Å². The average Bonchev–Trinajstić information content (AvgIpc) is 2.49. The minimum Gasteiger partial charge on any atom is -0.467 e. The van der Waals surface area contributed by atoms with Crippen LogP contribution in [0.15, 0.2) is 28.7 Å². The first-order valence-corrected chi connectivity index (χ1v) is 7.73. The predicted molar refractivity (Wildman–Crippen MR) is 83.9 cm³/mol. The molecule has 0 spiro atoms. The first-order valence-electron chi connectivity index (χ1n) is 6.94. The van der Waals surface area contributed by atoms with Crippen LogP contribution in [0.2, 0.25) is 0 Å². The van der Waals surface area contributed by atoms with Gasteiger partial charge in [-0.1, -0.05) is 22.9 Å². The zero-order chi connectivity index (χ0) is 14.6. The lowest BCUT2D eigenvalue weighted by Crippen LogP contribution is -2.54. The Balaban J connectivity index is 2.16. The van der Waals surface area contributed by atoms with Gasteiger partial charge < -0.3 is 15.0 Å². The molecule has 1 aliphatic rings. The van der Waals surface area contributed by atoms with Crippen molar-refractivity contribution < 1.29 is 9.53 Å². The number of piperidine rings is 1. The van der Waals surface area contributed by atoms with Crippen LogP contribution in [-0.4, -0.2) is 43.2 Å². The number of carbonyl (C=O) groups excluding carboxylic acids is 1. The van der Waals surface area contributed by atoms with Crippen molar-refractivity contribution in [3.05, 3.63) is 28.7 Å². The highest BCUT2D eigenvalue weighted by molar-refractivity contribution is 9.10. The largest absolute Gasteiger partial charge is 0.467 e. The number of nitrogens with one attached hydrogen (secondary N) is 1. The van der Waals surface area contributed by atoms with Crippen molar-refractivity contribution in [3.63, 3.8) is 0 Å². The number of hydrogen-bond donors (Lipinski definition) is 1. The second-order valence-corrected chi connectivity index (χ2v) is 6.06. The molecule has 1 heterocycles. The van der Waals surface area contributed by atoms with Gasteiger partial charge in [0.1, 0.15) is 5.54 Å². The summed E-state index contributed by atoms with van der Waals surface area (Å²) in [5.74, 6) is -0.170. The zero-order valence-corrected chi connectivity index (χ0v) is 13.6. The van der Waals surface area contributed by atoms with Crippen LogP contribution in [0.4, 0.5) is 5.69 Å². The smallest absolute Gasteiger partial charge is 0.331 e. The summed E-state index contributed by atoms with van der Waals surface area (Å²) in [6, 6.07) is 7.88. The monoisotopic (exact) mass is 340 g/mol. The maximum Gasteiger partial charge on any atom is 0.331 e. The summed E-state index contributed by atoms with van der Waals surface area (Å²) in [7, 11) is 1.46. The molecule has 1 aromatic rings. The number of methoxy groups -OCH3 is 1. The number of nitrogens with zero attached hydrogens (tertiary/aromatic N) is 1. The van der Waals surface area contributed by atoms with Crippen LogP contribution < -0.4 is 5.32 Å². The average molecular weight is 341 g/mol. The van der Waals surface area contributed by atoms with E-state index in [1.807, 2.05) is 24.3 Å². The molecule has 0 atom stereocenters. The maximum atomic E-state index is 12.2.